The lowest BCUT2D eigenvalue weighted by Crippen LogP contribution is -2.52. The van der Waals surface area contributed by atoms with Gasteiger partial charge < -0.3 is 19.1 Å². The van der Waals surface area contributed by atoms with Crippen molar-refractivity contribution in [3.8, 4) is 5.88 Å². The molecule has 2 aromatic rings. The Hall–Kier alpha value is -2.44. The molecule has 0 bridgehead atoms. The summed E-state index contributed by atoms with van der Waals surface area (Å²) in [5, 5.41) is 0. The molecule has 2 aliphatic heterocycles. The number of ether oxygens (including phenoxy) is 3. The molecule has 2 aliphatic rings. The van der Waals surface area contributed by atoms with E-state index in [4.69, 9.17) is 14.2 Å². The molecule has 0 aliphatic carbocycles. The molecule has 2 unspecified atom stereocenters. The Labute approximate surface area is 190 Å². The lowest BCUT2D eigenvalue weighted by molar-refractivity contribution is -0.190. The Balaban J connectivity index is 1.42. The van der Waals surface area contributed by atoms with Crippen LogP contribution in [0.2, 0.25) is 0 Å². The van der Waals surface area contributed by atoms with E-state index in [-0.39, 0.29) is 29.8 Å². The summed E-state index contributed by atoms with van der Waals surface area (Å²) in [6.07, 6.45) is 5.26. The van der Waals surface area contributed by atoms with Gasteiger partial charge in [0.1, 0.15) is 0 Å². The van der Waals surface area contributed by atoms with Crippen molar-refractivity contribution in [2.24, 2.45) is 0 Å². The zero-order valence-corrected chi connectivity index (χ0v) is 19.3. The molecule has 6 heteroatoms. The second kappa shape index (κ2) is 10.0. The number of hydrogen-bond acceptors (Lipinski definition) is 5. The number of carbonyl (C=O) groups excluding carboxylic acids is 1. The Kier molecular flexibility index (Phi) is 7.11. The van der Waals surface area contributed by atoms with Crippen LogP contribution in [-0.2, 0) is 9.47 Å². The van der Waals surface area contributed by atoms with E-state index >= 15 is 0 Å². The monoisotopic (exact) mass is 438 g/mol. The van der Waals surface area contributed by atoms with E-state index < -0.39 is 0 Å². The standard InChI is InChI=1S/C26H34N2O4/c1-4-30-22-16-23(20-8-6-5-7-9-20)32-26(17-22)12-14-28(15-13-26)25(29)21-10-11-24(27-18-21)31-19(2)3/h5-11,18-19,22-23H,4,12-17H2,1-3H3. The van der Waals surface area contributed by atoms with Gasteiger partial charge in [0.05, 0.1) is 29.5 Å². The lowest BCUT2D eigenvalue weighted by Gasteiger charge is -2.48. The highest BCUT2D eigenvalue weighted by Gasteiger charge is 2.45. The first-order valence-electron chi connectivity index (χ1n) is 11.7. The van der Waals surface area contributed by atoms with Crippen molar-refractivity contribution in [2.75, 3.05) is 19.7 Å². The van der Waals surface area contributed by atoms with Crippen LogP contribution in [0.25, 0.3) is 0 Å². The Morgan fingerprint density at radius 3 is 2.56 bits per heavy atom. The van der Waals surface area contributed by atoms with Crippen molar-refractivity contribution >= 4 is 5.91 Å². The second-order valence-corrected chi connectivity index (χ2v) is 9.06. The summed E-state index contributed by atoms with van der Waals surface area (Å²) < 4.78 is 18.4. The first-order valence-corrected chi connectivity index (χ1v) is 11.7. The highest BCUT2D eigenvalue weighted by atomic mass is 16.5. The van der Waals surface area contributed by atoms with E-state index in [0.29, 0.717) is 31.1 Å². The van der Waals surface area contributed by atoms with Gasteiger partial charge in [-0.3, -0.25) is 4.79 Å². The summed E-state index contributed by atoms with van der Waals surface area (Å²) >= 11 is 0. The van der Waals surface area contributed by atoms with Gasteiger partial charge in [-0.2, -0.15) is 0 Å². The molecule has 1 spiro atoms. The minimum absolute atomic E-state index is 0.0141. The highest BCUT2D eigenvalue weighted by Crippen LogP contribution is 2.44. The second-order valence-electron chi connectivity index (χ2n) is 9.06. The number of benzene rings is 1. The van der Waals surface area contributed by atoms with Crippen LogP contribution < -0.4 is 4.74 Å². The van der Waals surface area contributed by atoms with Crippen molar-refractivity contribution in [2.45, 2.75) is 70.4 Å². The molecule has 32 heavy (non-hydrogen) atoms. The van der Waals surface area contributed by atoms with Crippen molar-refractivity contribution in [3.63, 3.8) is 0 Å². The third-order valence-corrected chi connectivity index (χ3v) is 6.34. The molecule has 2 fully saturated rings. The summed E-state index contributed by atoms with van der Waals surface area (Å²) in [6, 6.07) is 14.0. The van der Waals surface area contributed by atoms with E-state index in [9.17, 15) is 4.79 Å². The molecular formula is C26H34N2O4. The number of rotatable bonds is 6. The number of pyridine rings is 1. The summed E-state index contributed by atoms with van der Waals surface area (Å²) in [5.74, 6) is 0.555. The van der Waals surface area contributed by atoms with E-state index in [1.165, 1.54) is 5.56 Å². The van der Waals surface area contributed by atoms with Gasteiger partial charge in [0, 0.05) is 44.8 Å². The van der Waals surface area contributed by atoms with Gasteiger partial charge in [-0.15, -0.1) is 0 Å². The Morgan fingerprint density at radius 1 is 1.19 bits per heavy atom. The van der Waals surface area contributed by atoms with Gasteiger partial charge in [0.15, 0.2) is 0 Å². The number of aromatic nitrogens is 1. The maximum absolute atomic E-state index is 13.0. The maximum atomic E-state index is 13.0. The topological polar surface area (TPSA) is 60.9 Å². The van der Waals surface area contributed by atoms with Gasteiger partial charge in [0.25, 0.3) is 5.91 Å². The average molecular weight is 439 g/mol. The molecule has 4 rings (SSSR count). The average Bonchev–Trinajstić information content (AvgIpc) is 2.80. The predicted molar refractivity (Wildman–Crippen MR) is 123 cm³/mol. The van der Waals surface area contributed by atoms with Crippen LogP contribution >= 0.6 is 0 Å². The van der Waals surface area contributed by atoms with Gasteiger partial charge in [-0.05, 0) is 45.2 Å². The summed E-state index contributed by atoms with van der Waals surface area (Å²) in [7, 11) is 0. The number of likely N-dealkylation sites (tertiary alicyclic amines) is 1. The Morgan fingerprint density at radius 2 is 1.94 bits per heavy atom. The van der Waals surface area contributed by atoms with E-state index in [1.807, 2.05) is 31.7 Å². The molecule has 0 saturated carbocycles. The van der Waals surface area contributed by atoms with E-state index in [1.54, 1.807) is 18.3 Å². The Bertz CT molecular complexity index is 876. The smallest absolute Gasteiger partial charge is 0.255 e. The number of hydrogen-bond donors (Lipinski definition) is 0. The van der Waals surface area contributed by atoms with Crippen LogP contribution in [0.1, 0.15) is 68.5 Å². The SMILES string of the molecule is CCOC1CC(c2ccccc2)OC2(CCN(C(=O)c3ccc(OC(C)C)nc3)CC2)C1. The summed E-state index contributed by atoms with van der Waals surface area (Å²) in [4.78, 5) is 19.2. The fourth-order valence-electron chi connectivity index (χ4n) is 4.81. The van der Waals surface area contributed by atoms with Gasteiger partial charge in [-0.1, -0.05) is 30.3 Å². The third kappa shape index (κ3) is 5.30. The minimum Gasteiger partial charge on any atom is -0.475 e. The molecule has 0 N–H and O–H groups in total. The quantitative estimate of drug-likeness (QED) is 0.648. The molecule has 6 nitrogen and oxygen atoms in total. The van der Waals surface area contributed by atoms with Crippen LogP contribution in [-0.4, -0.2) is 53.3 Å². The summed E-state index contributed by atoms with van der Waals surface area (Å²) in [5.41, 5.74) is 1.54. The van der Waals surface area contributed by atoms with Crippen LogP contribution in [0.5, 0.6) is 5.88 Å². The molecule has 2 saturated heterocycles. The fraction of sp³-hybridized carbons (Fsp3) is 0.538. The van der Waals surface area contributed by atoms with Crippen molar-refractivity contribution in [1.82, 2.24) is 9.88 Å². The number of carbonyl (C=O) groups is 1. The van der Waals surface area contributed by atoms with Crippen LogP contribution in [0.4, 0.5) is 0 Å². The van der Waals surface area contributed by atoms with Crippen LogP contribution in [0.15, 0.2) is 48.7 Å². The fourth-order valence-corrected chi connectivity index (χ4v) is 4.81. The van der Waals surface area contributed by atoms with Gasteiger partial charge in [0.2, 0.25) is 5.88 Å². The van der Waals surface area contributed by atoms with Crippen molar-refractivity contribution in [1.29, 1.82) is 0 Å². The number of nitrogens with zero attached hydrogens (tertiary/aromatic N) is 2. The first-order chi connectivity index (χ1) is 15.5. The van der Waals surface area contributed by atoms with E-state index in [2.05, 4.69) is 29.2 Å². The molecular weight excluding hydrogens is 404 g/mol. The van der Waals surface area contributed by atoms with Crippen molar-refractivity contribution < 1.29 is 19.0 Å². The van der Waals surface area contributed by atoms with Crippen LogP contribution in [0, 0.1) is 0 Å². The maximum Gasteiger partial charge on any atom is 0.255 e. The molecule has 1 aromatic heterocycles. The normalized spacial score (nSPS) is 22.8. The number of amides is 1. The molecule has 3 heterocycles. The molecule has 172 valence electrons. The van der Waals surface area contributed by atoms with Gasteiger partial charge in [-0.25, -0.2) is 4.98 Å². The van der Waals surface area contributed by atoms with Crippen LogP contribution in [0.3, 0.4) is 0 Å². The van der Waals surface area contributed by atoms with Gasteiger partial charge >= 0.3 is 0 Å². The zero-order valence-electron chi connectivity index (χ0n) is 19.3. The summed E-state index contributed by atoms with van der Waals surface area (Å²) in [6.45, 7) is 8.00. The number of piperidine rings is 1. The predicted octanol–water partition coefficient (Wildman–Crippen LogP) is 4.80. The largest absolute Gasteiger partial charge is 0.475 e. The molecule has 0 radical (unpaired) electrons. The third-order valence-electron chi connectivity index (χ3n) is 6.34. The van der Waals surface area contributed by atoms with Crippen molar-refractivity contribution in [3.05, 3.63) is 59.8 Å². The molecule has 2 atom stereocenters. The molecule has 1 aromatic carbocycles. The zero-order chi connectivity index (χ0) is 22.6. The molecule has 1 amide bonds. The van der Waals surface area contributed by atoms with E-state index in [0.717, 1.165) is 25.7 Å². The lowest BCUT2D eigenvalue weighted by atomic mass is 9.80. The minimum atomic E-state index is -0.247. The first kappa shape index (κ1) is 22.7. The highest BCUT2D eigenvalue weighted by molar-refractivity contribution is 5.94.